The Balaban J connectivity index is 2.19. The van der Waals surface area contributed by atoms with E-state index in [2.05, 4.69) is 5.32 Å². The highest BCUT2D eigenvalue weighted by Crippen LogP contribution is 2.41. The number of nitriles is 1. The largest absolute Gasteiger partial charge is 0.329 e. The first-order valence-corrected chi connectivity index (χ1v) is 6.20. The molecule has 0 radical (unpaired) electrons. The number of benzene rings is 1. The molecule has 1 aromatic rings. The molecule has 0 atom stereocenters. The molecule has 0 saturated heterocycles. The Labute approximate surface area is 111 Å². The average molecular weight is 264 g/mol. The molecule has 1 aliphatic rings. The zero-order valence-electron chi connectivity index (χ0n) is 9.87. The summed E-state index contributed by atoms with van der Waals surface area (Å²) in [5.41, 5.74) is 6.15. The number of nitrogens with zero attached hydrogens (tertiary/aromatic N) is 1. The van der Waals surface area contributed by atoms with Gasteiger partial charge in [-0.25, -0.2) is 0 Å². The molecule has 0 spiro atoms. The second-order valence-electron chi connectivity index (χ2n) is 4.60. The van der Waals surface area contributed by atoms with Crippen LogP contribution in [0.3, 0.4) is 0 Å². The minimum atomic E-state index is -0.452. The highest BCUT2D eigenvalue weighted by atomic mass is 35.5. The molecular weight excluding hydrogens is 250 g/mol. The van der Waals surface area contributed by atoms with E-state index in [1.165, 1.54) is 0 Å². The number of hydrogen-bond acceptors (Lipinski definition) is 3. The molecule has 1 saturated carbocycles. The van der Waals surface area contributed by atoms with Crippen molar-refractivity contribution in [1.29, 1.82) is 5.26 Å². The van der Waals surface area contributed by atoms with Crippen LogP contribution in [0.15, 0.2) is 18.2 Å². The minimum Gasteiger partial charge on any atom is -0.329 e. The normalized spacial score (nSPS) is 16.5. The maximum Gasteiger partial charge on any atom is 0.231 e. The molecule has 2 rings (SSSR count). The number of nitrogens with two attached hydrogens (primary N) is 1. The summed E-state index contributed by atoms with van der Waals surface area (Å²) in [6.07, 6.45) is 2.65. The van der Waals surface area contributed by atoms with Crippen LogP contribution in [0.25, 0.3) is 0 Å². The monoisotopic (exact) mass is 263 g/mol. The quantitative estimate of drug-likeness (QED) is 0.878. The number of amides is 1. The van der Waals surface area contributed by atoms with Gasteiger partial charge in [0.1, 0.15) is 0 Å². The molecule has 0 aromatic heterocycles. The Morgan fingerprint density at radius 2 is 2.28 bits per heavy atom. The Kier molecular flexibility index (Phi) is 3.55. The van der Waals surface area contributed by atoms with Crippen molar-refractivity contribution in [3.05, 3.63) is 28.8 Å². The molecule has 5 heteroatoms. The van der Waals surface area contributed by atoms with E-state index in [9.17, 15) is 4.79 Å². The summed E-state index contributed by atoms with van der Waals surface area (Å²) in [4.78, 5) is 12.2. The number of hydrogen-bond donors (Lipinski definition) is 2. The first-order valence-electron chi connectivity index (χ1n) is 5.82. The van der Waals surface area contributed by atoms with E-state index >= 15 is 0 Å². The zero-order valence-corrected chi connectivity index (χ0v) is 10.6. The standard InChI is InChI=1S/C13H14ClN3O/c14-10-3-2-9(7-15)6-11(10)17-12(18)13(8-16)4-1-5-13/h2-3,6H,1,4-5,8,16H2,(H,17,18). The summed E-state index contributed by atoms with van der Waals surface area (Å²) in [7, 11) is 0. The number of anilines is 1. The van der Waals surface area contributed by atoms with Gasteiger partial charge in [-0.1, -0.05) is 18.0 Å². The van der Waals surface area contributed by atoms with Gasteiger partial charge in [-0.15, -0.1) is 0 Å². The molecule has 0 aliphatic heterocycles. The van der Waals surface area contributed by atoms with E-state index in [4.69, 9.17) is 22.6 Å². The smallest absolute Gasteiger partial charge is 0.231 e. The number of carbonyl (C=O) groups excluding carboxylic acids is 1. The Morgan fingerprint density at radius 3 is 2.78 bits per heavy atom. The Hall–Kier alpha value is -1.57. The van der Waals surface area contributed by atoms with Gasteiger partial charge in [0.15, 0.2) is 0 Å². The summed E-state index contributed by atoms with van der Waals surface area (Å²) in [5, 5.41) is 12.0. The van der Waals surface area contributed by atoms with Crippen LogP contribution < -0.4 is 11.1 Å². The van der Waals surface area contributed by atoms with Crippen LogP contribution in [0.2, 0.25) is 5.02 Å². The number of nitrogens with one attached hydrogen (secondary N) is 1. The fraction of sp³-hybridized carbons (Fsp3) is 0.385. The van der Waals surface area contributed by atoms with Crippen LogP contribution in [0, 0.1) is 16.7 Å². The fourth-order valence-corrected chi connectivity index (χ4v) is 2.24. The van der Waals surface area contributed by atoms with Gasteiger partial charge in [0, 0.05) is 6.54 Å². The average Bonchev–Trinajstić information content (AvgIpc) is 2.31. The van der Waals surface area contributed by atoms with Crippen molar-refractivity contribution in [3.8, 4) is 6.07 Å². The third kappa shape index (κ3) is 2.20. The van der Waals surface area contributed by atoms with E-state index in [0.717, 1.165) is 19.3 Å². The topological polar surface area (TPSA) is 78.9 Å². The van der Waals surface area contributed by atoms with Crippen molar-refractivity contribution in [2.24, 2.45) is 11.1 Å². The summed E-state index contributed by atoms with van der Waals surface area (Å²) in [6, 6.07) is 6.80. The summed E-state index contributed by atoms with van der Waals surface area (Å²) in [5.74, 6) is -0.103. The third-order valence-corrected chi connectivity index (χ3v) is 3.86. The maximum atomic E-state index is 12.2. The number of carbonyl (C=O) groups is 1. The van der Waals surface area contributed by atoms with Crippen molar-refractivity contribution in [3.63, 3.8) is 0 Å². The van der Waals surface area contributed by atoms with Crippen molar-refractivity contribution >= 4 is 23.2 Å². The van der Waals surface area contributed by atoms with Gasteiger partial charge in [-0.3, -0.25) is 4.79 Å². The van der Waals surface area contributed by atoms with Crippen LogP contribution in [-0.4, -0.2) is 12.5 Å². The molecule has 1 aliphatic carbocycles. The zero-order chi connectivity index (χ0) is 13.2. The van der Waals surface area contributed by atoms with Crippen LogP contribution in [-0.2, 0) is 4.79 Å². The van der Waals surface area contributed by atoms with Gasteiger partial charge in [0.25, 0.3) is 0 Å². The highest BCUT2D eigenvalue weighted by Gasteiger charge is 2.42. The van der Waals surface area contributed by atoms with Gasteiger partial charge in [-0.2, -0.15) is 5.26 Å². The maximum absolute atomic E-state index is 12.2. The lowest BCUT2D eigenvalue weighted by Crippen LogP contribution is -2.47. The highest BCUT2D eigenvalue weighted by molar-refractivity contribution is 6.33. The first-order chi connectivity index (χ1) is 8.61. The predicted octanol–water partition coefficient (Wildman–Crippen LogP) is 2.28. The second-order valence-corrected chi connectivity index (χ2v) is 5.01. The van der Waals surface area contributed by atoms with Crippen LogP contribution in [0.4, 0.5) is 5.69 Å². The molecule has 1 aromatic carbocycles. The Morgan fingerprint density at radius 1 is 1.56 bits per heavy atom. The predicted molar refractivity (Wildman–Crippen MR) is 70.1 cm³/mol. The van der Waals surface area contributed by atoms with Gasteiger partial charge < -0.3 is 11.1 Å². The molecule has 94 valence electrons. The molecule has 1 fully saturated rings. The SMILES string of the molecule is N#Cc1ccc(Cl)c(NC(=O)C2(CN)CCC2)c1. The summed E-state index contributed by atoms with van der Waals surface area (Å²) in [6.45, 7) is 0.342. The summed E-state index contributed by atoms with van der Waals surface area (Å²) >= 11 is 6.00. The van der Waals surface area contributed by atoms with E-state index in [-0.39, 0.29) is 5.91 Å². The summed E-state index contributed by atoms with van der Waals surface area (Å²) < 4.78 is 0. The van der Waals surface area contributed by atoms with E-state index < -0.39 is 5.41 Å². The molecule has 4 nitrogen and oxygen atoms in total. The van der Waals surface area contributed by atoms with Crippen molar-refractivity contribution < 1.29 is 4.79 Å². The van der Waals surface area contributed by atoms with Crippen molar-refractivity contribution in [2.45, 2.75) is 19.3 Å². The van der Waals surface area contributed by atoms with Crippen LogP contribution >= 0.6 is 11.6 Å². The molecular formula is C13H14ClN3O. The van der Waals surface area contributed by atoms with Gasteiger partial charge in [-0.05, 0) is 31.0 Å². The van der Waals surface area contributed by atoms with Crippen molar-refractivity contribution in [2.75, 3.05) is 11.9 Å². The molecule has 0 unspecified atom stereocenters. The molecule has 0 heterocycles. The molecule has 0 bridgehead atoms. The Bertz CT molecular complexity index is 512. The van der Waals surface area contributed by atoms with Gasteiger partial charge >= 0.3 is 0 Å². The number of halogens is 1. The van der Waals surface area contributed by atoms with Crippen LogP contribution in [0.5, 0.6) is 0 Å². The van der Waals surface area contributed by atoms with E-state index in [0.29, 0.717) is 22.8 Å². The van der Waals surface area contributed by atoms with E-state index in [1.807, 2.05) is 6.07 Å². The number of rotatable bonds is 3. The minimum absolute atomic E-state index is 0.103. The lowest BCUT2D eigenvalue weighted by Gasteiger charge is -2.39. The molecule has 3 N–H and O–H groups in total. The first kappa shape index (κ1) is 12.9. The third-order valence-electron chi connectivity index (χ3n) is 3.53. The fourth-order valence-electron chi connectivity index (χ4n) is 2.07. The van der Waals surface area contributed by atoms with E-state index in [1.54, 1.807) is 18.2 Å². The second kappa shape index (κ2) is 4.97. The van der Waals surface area contributed by atoms with Gasteiger partial charge in [0.2, 0.25) is 5.91 Å². The lowest BCUT2D eigenvalue weighted by atomic mass is 9.68. The van der Waals surface area contributed by atoms with Crippen LogP contribution in [0.1, 0.15) is 24.8 Å². The molecule has 18 heavy (non-hydrogen) atoms. The van der Waals surface area contributed by atoms with Crippen molar-refractivity contribution in [1.82, 2.24) is 0 Å². The lowest BCUT2D eigenvalue weighted by molar-refractivity contribution is -0.129. The van der Waals surface area contributed by atoms with Gasteiger partial charge in [0.05, 0.1) is 27.8 Å². The molecule has 1 amide bonds.